The first-order valence-electron chi connectivity index (χ1n) is 3.46. The van der Waals surface area contributed by atoms with Crippen molar-refractivity contribution in [2.24, 2.45) is 5.41 Å². The number of ether oxygens (including phenoxy) is 1. The first kappa shape index (κ1) is 10.2. The molecule has 1 N–H and O–H groups in total. The van der Waals surface area contributed by atoms with Gasteiger partial charge in [0.2, 0.25) is 0 Å². The summed E-state index contributed by atoms with van der Waals surface area (Å²) in [7, 11) is 3.77. The van der Waals surface area contributed by atoms with Crippen LogP contribution in [0.15, 0.2) is 0 Å². The highest BCUT2D eigenvalue weighted by atomic mass is 35.5. The van der Waals surface area contributed by atoms with Crippen molar-refractivity contribution >= 4 is 12.4 Å². The topological polar surface area (TPSA) is 21.3 Å². The van der Waals surface area contributed by atoms with E-state index in [-0.39, 0.29) is 12.4 Å². The van der Waals surface area contributed by atoms with Gasteiger partial charge in [0.15, 0.2) is 0 Å². The monoisotopic (exact) mass is 165 g/mol. The zero-order chi connectivity index (χ0) is 6.74. The van der Waals surface area contributed by atoms with Gasteiger partial charge >= 0.3 is 0 Å². The van der Waals surface area contributed by atoms with Gasteiger partial charge in [-0.1, -0.05) is 0 Å². The predicted octanol–water partition coefficient (Wildman–Crippen LogP) is 1.05. The summed E-state index contributed by atoms with van der Waals surface area (Å²) in [5.74, 6) is 0. The van der Waals surface area contributed by atoms with Gasteiger partial charge in [-0.25, -0.2) is 0 Å². The molecule has 62 valence electrons. The van der Waals surface area contributed by atoms with E-state index in [1.807, 2.05) is 7.05 Å². The highest BCUT2D eigenvalue weighted by Gasteiger charge is 2.41. The van der Waals surface area contributed by atoms with Gasteiger partial charge in [0, 0.05) is 19.1 Å². The lowest BCUT2D eigenvalue weighted by Crippen LogP contribution is -2.23. The molecule has 0 radical (unpaired) electrons. The summed E-state index contributed by atoms with van der Waals surface area (Å²) in [6.45, 7) is 2.04. The summed E-state index contributed by atoms with van der Waals surface area (Å²) in [5.41, 5.74) is 0.517. The Labute approximate surface area is 68.7 Å². The number of halogens is 1. The Hall–Kier alpha value is 0.210. The maximum Gasteiger partial charge on any atom is 0.0530 e. The summed E-state index contributed by atoms with van der Waals surface area (Å²) in [6, 6.07) is 0. The molecule has 10 heavy (non-hydrogen) atoms. The molecule has 0 heterocycles. The van der Waals surface area contributed by atoms with Crippen molar-refractivity contribution in [3.63, 3.8) is 0 Å². The number of nitrogens with one attached hydrogen (secondary N) is 1. The zero-order valence-electron chi connectivity index (χ0n) is 6.64. The van der Waals surface area contributed by atoms with E-state index in [9.17, 15) is 0 Å². The van der Waals surface area contributed by atoms with Crippen LogP contribution in [0.4, 0.5) is 0 Å². The Morgan fingerprint density at radius 3 is 2.40 bits per heavy atom. The third kappa shape index (κ3) is 2.45. The fraction of sp³-hybridized carbons (Fsp3) is 1.00. The molecule has 0 aromatic carbocycles. The van der Waals surface area contributed by atoms with Crippen molar-refractivity contribution in [3.8, 4) is 0 Å². The summed E-state index contributed by atoms with van der Waals surface area (Å²) in [4.78, 5) is 0. The van der Waals surface area contributed by atoms with Crippen LogP contribution in [-0.4, -0.2) is 27.3 Å². The highest BCUT2D eigenvalue weighted by Crippen LogP contribution is 2.44. The van der Waals surface area contributed by atoms with E-state index in [0.717, 1.165) is 13.2 Å². The molecule has 0 unspecified atom stereocenters. The maximum absolute atomic E-state index is 5.08. The van der Waals surface area contributed by atoms with Crippen molar-refractivity contribution in [2.45, 2.75) is 12.8 Å². The van der Waals surface area contributed by atoms with Crippen molar-refractivity contribution in [1.29, 1.82) is 0 Å². The largest absolute Gasteiger partial charge is 0.384 e. The van der Waals surface area contributed by atoms with Crippen LogP contribution in [0.5, 0.6) is 0 Å². The number of rotatable bonds is 4. The fourth-order valence-electron chi connectivity index (χ4n) is 1.23. The maximum atomic E-state index is 5.08. The molecule has 0 bridgehead atoms. The molecule has 0 aliphatic heterocycles. The van der Waals surface area contributed by atoms with Crippen LogP contribution in [0.2, 0.25) is 0 Å². The third-order valence-electron chi connectivity index (χ3n) is 1.96. The third-order valence-corrected chi connectivity index (χ3v) is 1.96. The second kappa shape index (κ2) is 4.16. The molecule has 1 rings (SSSR count). The molecule has 1 saturated carbocycles. The molecule has 0 atom stereocenters. The average molecular weight is 166 g/mol. The molecule has 0 amide bonds. The first-order valence-corrected chi connectivity index (χ1v) is 3.46. The van der Waals surface area contributed by atoms with Crippen LogP contribution in [0.1, 0.15) is 12.8 Å². The second-order valence-electron chi connectivity index (χ2n) is 2.96. The van der Waals surface area contributed by atoms with E-state index in [4.69, 9.17) is 4.74 Å². The van der Waals surface area contributed by atoms with E-state index in [2.05, 4.69) is 5.32 Å². The Morgan fingerprint density at radius 2 is 2.10 bits per heavy atom. The second-order valence-corrected chi connectivity index (χ2v) is 2.96. The predicted molar refractivity (Wildman–Crippen MR) is 44.7 cm³/mol. The number of hydrogen-bond donors (Lipinski definition) is 1. The Balaban J connectivity index is 0.000000810. The Morgan fingerprint density at radius 1 is 1.50 bits per heavy atom. The molecule has 0 spiro atoms. The van der Waals surface area contributed by atoms with Gasteiger partial charge in [-0.15, -0.1) is 12.4 Å². The molecule has 1 aliphatic rings. The number of methoxy groups -OCH3 is 1. The molecule has 1 aliphatic carbocycles. The highest BCUT2D eigenvalue weighted by molar-refractivity contribution is 5.85. The quantitative estimate of drug-likeness (QED) is 0.673. The lowest BCUT2D eigenvalue weighted by Gasteiger charge is -2.11. The van der Waals surface area contributed by atoms with Gasteiger partial charge in [-0.05, 0) is 19.9 Å². The minimum atomic E-state index is 0. The summed E-state index contributed by atoms with van der Waals surface area (Å²) in [6.07, 6.45) is 2.67. The molecule has 2 nitrogen and oxygen atoms in total. The molecular formula is C7H16ClNO. The Kier molecular flexibility index (Phi) is 4.25. The minimum absolute atomic E-state index is 0. The molecular weight excluding hydrogens is 150 g/mol. The fourth-order valence-corrected chi connectivity index (χ4v) is 1.23. The Bertz CT molecular complexity index is 85.6. The standard InChI is InChI=1S/C7H15NO.ClH/c1-8-5-7(3-4-7)6-9-2;/h8H,3-6H2,1-2H3;1H. The lowest BCUT2D eigenvalue weighted by molar-refractivity contribution is 0.141. The first-order chi connectivity index (χ1) is 4.33. The summed E-state index contributed by atoms with van der Waals surface area (Å²) in [5, 5.41) is 3.18. The molecule has 0 saturated heterocycles. The molecule has 3 heteroatoms. The van der Waals surface area contributed by atoms with Crippen LogP contribution < -0.4 is 5.32 Å². The van der Waals surface area contributed by atoms with Crippen molar-refractivity contribution in [2.75, 3.05) is 27.3 Å². The van der Waals surface area contributed by atoms with Gasteiger partial charge in [0.05, 0.1) is 6.61 Å². The smallest absolute Gasteiger partial charge is 0.0530 e. The lowest BCUT2D eigenvalue weighted by atomic mass is 10.1. The SMILES string of the molecule is CNCC1(COC)CC1.Cl. The van der Waals surface area contributed by atoms with Crippen molar-refractivity contribution in [3.05, 3.63) is 0 Å². The van der Waals surface area contributed by atoms with E-state index in [1.54, 1.807) is 7.11 Å². The average Bonchev–Trinajstić information content (AvgIpc) is 2.51. The summed E-state index contributed by atoms with van der Waals surface area (Å²) < 4.78 is 5.08. The van der Waals surface area contributed by atoms with Crippen LogP contribution in [0.25, 0.3) is 0 Å². The van der Waals surface area contributed by atoms with Gasteiger partial charge < -0.3 is 10.1 Å². The minimum Gasteiger partial charge on any atom is -0.384 e. The van der Waals surface area contributed by atoms with Crippen molar-refractivity contribution in [1.82, 2.24) is 5.32 Å². The zero-order valence-corrected chi connectivity index (χ0v) is 7.46. The van der Waals surface area contributed by atoms with Crippen LogP contribution in [-0.2, 0) is 4.74 Å². The van der Waals surface area contributed by atoms with Crippen LogP contribution >= 0.6 is 12.4 Å². The molecule has 1 fully saturated rings. The van der Waals surface area contributed by atoms with Gasteiger partial charge in [-0.2, -0.15) is 0 Å². The van der Waals surface area contributed by atoms with E-state index in [0.29, 0.717) is 5.41 Å². The normalized spacial score (nSPS) is 19.8. The van der Waals surface area contributed by atoms with Crippen LogP contribution in [0, 0.1) is 5.41 Å². The van der Waals surface area contributed by atoms with Crippen molar-refractivity contribution < 1.29 is 4.74 Å². The van der Waals surface area contributed by atoms with E-state index < -0.39 is 0 Å². The van der Waals surface area contributed by atoms with Gasteiger partial charge in [-0.3, -0.25) is 0 Å². The van der Waals surface area contributed by atoms with Gasteiger partial charge in [0.25, 0.3) is 0 Å². The number of hydrogen-bond acceptors (Lipinski definition) is 2. The van der Waals surface area contributed by atoms with E-state index >= 15 is 0 Å². The van der Waals surface area contributed by atoms with Gasteiger partial charge in [0.1, 0.15) is 0 Å². The van der Waals surface area contributed by atoms with E-state index in [1.165, 1.54) is 12.8 Å². The summed E-state index contributed by atoms with van der Waals surface area (Å²) >= 11 is 0. The van der Waals surface area contributed by atoms with Crippen LogP contribution in [0.3, 0.4) is 0 Å². The molecule has 0 aromatic rings. The molecule has 0 aromatic heterocycles.